The van der Waals surface area contributed by atoms with Gasteiger partial charge in [-0.25, -0.2) is 0 Å². The number of hydrogen-bond donors (Lipinski definition) is 2. The molecule has 1 fully saturated rings. The van der Waals surface area contributed by atoms with E-state index in [4.69, 9.17) is 27.9 Å². The average Bonchev–Trinajstić information content (AvgIpc) is 2.75. The Morgan fingerprint density at radius 2 is 1.97 bits per heavy atom. The van der Waals surface area contributed by atoms with Gasteiger partial charge in [-0.2, -0.15) is 0 Å². The molecular formula is C25H29Cl2NO3. The Morgan fingerprint density at radius 1 is 1.26 bits per heavy atom. The summed E-state index contributed by atoms with van der Waals surface area (Å²) < 4.78 is 5.72. The number of rotatable bonds is 8. The Labute approximate surface area is 194 Å². The van der Waals surface area contributed by atoms with Crippen molar-refractivity contribution in [1.82, 2.24) is 5.32 Å². The largest absolute Gasteiger partial charge is 0.388 e. The molecule has 31 heavy (non-hydrogen) atoms. The van der Waals surface area contributed by atoms with Crippen molar-refractivity contribution in [3.63, 3.8) is 0 Å². The van der Waals surface area contributed by atoms with Crippen molar-refractivity contribution in [2.75, 3.05) is 7.11 Å². The van der Waals surface area contributed by atoms with E-state index in [-0.39, 0.29) is 23.8 Å². The Bertz CT molecular complexity index is 917. The van der Waals surface area contributed by atoms with Crippen LogP contribution in [0.25, 0.3) is 0 Å². The van der Waals surface area contributed by atoms with Crippen molar-refractivity contribution in [1.29, 1.82) is 0 Å². The van der Waals surface area contributed by atoms with E-state index in [2.05, 4.69) is 18.8 Å². The van der Waals surface area contributed by atoms with Crippen LogP contribution in [0.5, 0.6) is 0 Å². The van der Waals surface area contributed by atoms with Crippen LogP contribution in [0.3, 0.4) is 0 Å². The number of aliphatic hydroxyl groups is 1. The van der Waals surface area contributed by atoms with Crippen LogP contribution in [-0.4, -0.2) is 29.8 Å². The third-order valence-electron chi connectivity index (χ3n) is 6.30. The molecule has 1 saturated heterocycles. The van der Waals surface area contributed by atoms with Gasteiger partial charge in [-0.05, 0) is 54.2 Å². The molecule has 2 N–H and O–H groups in total. The van der Waals surface area contributed by atoms with E-state index in [9.17, 15) is 9.90 Å². The van der Waals surface area contributed by atoms with Crippen molar-refractivity contribution >= 4 is 29.1 Å². The molecule has 1 aliphatic rings. The molecule has 2 aromatic carbocycles. The summed E-state index contributed by atoms with van der Waals surface area (Å²) in [5.41, 5.74) is 0.867. The van der Waals surface area contributed by atoms with Gasteiger partial charge in [0.05, 0.1) is 6.10 Å². The van der Waals surface area contributed by atoms with Gasteiger partial charge in [0.25, 0.3) is 5.91 Å². The molecule has 1 unspecified atom stereocenters. The van der Waals surface area contributed by atoms with Crippen molar-refractivity contribution in [2.24, 2.45) is 5.92 Å². The average molecular weight is 462 g/mol. The van der Waals surface area contributed by atoms with Gasteiger partial charge in [-0.15, -0.1) is 6.58 Å². The number of hydrogen-bond acceptors (Lipinski definition) is 3. The van der Waals surface area contributed by atoms with E-state index in [0.29, 0.717) is 29.3 Å². The standard InChI is InChI=1S/C25H29Cl2NO3/c1-4-12-25(31-3)15-21(18-6-5-7-20(27)14-18)23(28-24(25)30)16(2)13-22(29)17-8-10-19(26)11-9-17/h4-11,14,16,21-23,29H,1,12-13,15H2,2-3H3,(H,28,30)/t16?,21-,22+,23+,25-/m1/s1. The van der Waals surface area contributed by atoms with Crippen LogP contribution in [0.2, 0.25) is 10.0 Å². The fourth-order valence-electron chi connectivity index (χ4n) is 4.55. The van der Waals surface area contributed by atoms with E-state index in [1.165, 1.54) is 0 Å². The number of benzene rings is 2. The number of ether oxygens (including phenoxy) is 1. The van der Waals surface area contributed by atoms with Gasteiger partial charge < -0.3 is 15.2 Å². The van der Waals surface area contributed by atoms with Gasteiger partial charge in [0.15, 0.2) is 0 Å². The Balaban J connectivity index is 1.89. The first-order chi connectivity index (χ1) is 14.8. The first kappa shape index (κ1) is 23.8. The summed E-state index contributed by atoms with van der Waals surface area (Å²) in [4.78, 5) is 13.1. The molecule has 0 aliphatic carbocycles. The lowest BCUT2D eigenvalue weighted by atomic mass is 9.71. The second kappa shape index (κ2) is 10.2. The maximum Gasteiger partial charge on any atom is 0.252 e. The zero-order valence-electron chi connectivity index (χ0n) is 17.9. The smallest absolute Gasteiger partial charge is 0.252 e. The molecule has 0 bridgehead atoms. The quantitative estimate of drug-likeness (QED) is 0.496. The highest BCUT2D eigenvalue weighted by Gasteiger charge is 2.48. The highest BCUT2D eigenvalue weighted by atomic mass is 35.5. The molecule has 166 valence electrons. The Hall–Kier alpha value is -1.85. The molecule has 0 saturated carbocycles. The lowest BCUT2D eigenvalue weighted by Gasteiger charge is -2.45. The van der Waals surface area contributed by atoms with Gasteiger partial charge in [-0.3, -0.25) is 4.79 Å². The molecule has 1 heterocycles. The van der Waals surface area contributed by atoms with Crippen molar-refractivity contribution in [3.05, 3.63) is 82.4 Å². The van der Waals surface area contributed by atoms with Crippen LogP contribution in [0.4, 0.5) is 0 Å². The number of carbonyl (C=O) groups is 1. The number of carbonyl (C=O) groups excluding carboxylic acids is 1. The zero-order chi connectivity index (χ0) is 22.6. The molecule has 2 aromatic rings. The summed E-state index contributed by atoms with van der Waals surface area (Å²) in [7, 11) is 1.56. The molecule has 0 aromatic heterocycles. The molecule has 3 rings (SSSR count). The SMILES string of the molecule is C=CC[C@@]1(OC)C[C@H](c2cccc(Cl)c2)[C@H](C(C)C[C@H](O)c2ccc(Cl)cc2)NC1=O. The van der Waals surface area contributed by atoms with Gasteiger partial charge >= 0.3 is 0 Å². The fourth-order valence-corrected chi connectivity index (χ4v) is 4.87. The summed E-state index contributed by atoms with van der Waals surface area (Å²) in [6.45, 7) is 5.85. The highest BCUT2D eigenvalue weighted by Crippen LogP contribution is 2.42. The third-order valence-corrected chi connectivity index (χ3v) is 6.79. The first-order valence-electron chi connectivity index (χ1n) is 10.5. The number of amides is 1. The summed E-state index contributed by atoms with van der Waals surface area (Å²) in [6.07, 6.45) is 2.47. The zero-order valence-corrected chi connectivity index (χ0v) is 19.4. The third kappa shape index (κ3) is 5.32. The topological polar surface area (TPSA) is 58.6 Å². The predicted molar refractivity (Wildman–Crippen MR) is 125 cm³/mol. The maximum absolute atomic E-state index is 13.1. The van der Waals surface area contributed by atoms with Crippen LogP contribution < -0.4 is 5.32 Å². The lowest BCUT2D eigenvalue weighted by Crippen LogP contribution is -2.60. The van der Waals surface area contributed by atoms with E-state index >= 15 is 0 Å². The summed E-state index contributed by atoms with van der Waals surface area (Å²) in [5.74, 6) is -0.174. The van der Waals surface area contributed by atoms with E-state index in [0.717, 1.165) is 11.1 Å². The van der Waals surface area contributed by atoms with E-state index in [1.807, 2.05) is 36.4 Å². The molecule has 5 atom stereocenters. The number of nitrogens with one attached hydrogen (secondary N) is 1. The molecule has 0 radical (unpaired) electrons. The predicted octanol–water partition coefficient (Wildman–Crippen LogP) is 5.69. The minimum Gasteiger partial charge on any atom is -0.388 e. The van der Waals surface area contributed by atoms with E-state index in [1.54, 1.807) is 25.3 Å². The number of halogens is 2. The number of methoxy groups -OCH3 is 1. The molecule has 4 nitrogen and oxygen atoms in total. The van der Waals surface area contributed by atoms with Gasteiger partial charge in [0.2, 0.25) is 0 Å². The van der Waals surface area contributed by atoms with Crippen molar-refractivity contribution in [3.8, 4) is 0 Å². The van der Waals surface area contributed by atoms with Crippen molar-refractivity contribution < 1.29 is 14.6 Å². The molecule has 6 heteroatoms. The monoisotopic (exact) mass is 461 g/mol. The fraction of sp³-hybridized carbons (Fsp3) is 0.400. The number of piperidine rings is 1. The second-order valence-electron chi connectivity index (χ2n) is 8.34. The molecule has 0 spiro atoms. The van der Waals surface area contributed by atoms with Crippen LogP contribution in [0.1, 0.15) is 49.3 Å². The van der Waals surface area contributed by atoms with Gasteiger partial charge in [-0.1, -0.05) is 60.5 Å². The van der Waals surface area contributed by atoms with Crippen LogP contribution >= 0.6 is 23.2 Å². The summed E-state index contributed by atoms with van der Waals surface area (Å²) in [5, 5.41) is 15.3. The normalized spacial score (nSPS) is 25.5. The van der Waals surface area contributed by atoms with Crippen LogP contribution in [0, 0.1) is 5.92 Å². The Kier molecular flexibility index (Phi) is 7.82. The molecule has 1 amide bonds. The summed E-state index contributed by atoms with van der Waals surface area (Å²) in [6, 6.07) is 14.7. The van der Waals surface area contributed by atoms with Gasteiger partial charge in [0, 0.05) is 35.5 Å². The van der Waals surface area contributed by atoms with Crippen LogP contribution in [0.15, 0.2) is 61.2 Å². The van der Waals surface area contributed by atoms with E-state index < -0.39 is 11.7 Å². The highest BCUT2D eigenvalue weighted by molar-refractivity contribution is 6.30. The molecule has 1 aliphatic heterocycles. The van der Waals surface area contributed by atoms with Crippen molar-refractivity contribution in [2.45, 2.75) is 49.9 Å². The first-order valence-corrected chi connectivity index (χ1v) is 11.2. The summed E-state index contributed by atoms with van der Waals surface area (Å²) >= 11 is 12.2. The Morgan fingerprint density at radius 3 is 2.58 bits per heavy atom. The molecular weight excluding hydrogens is 433 g/mol. The minimum absolute atomic E-state index is 0.00260. The number of aliphatic hydroxyl groups excluding tert-OH is 1. The second-order valence-corrected chi connectivity index (χ2v) is 9.21. The van der Waals surface area contributed by atoms with Crippen LogP contribution in [-0.2, 0) is 9.53 Å². The maximum atomic E-state index is 13.1. The minimum atomic E-state index is -0.972. The lowest BCUT2D eigenvalue weighted by molar-refractivity contribution is -0.151. The van der Waals surface area contributed by atoms with Gasteiger partial charge in [0.1, 0.15) is 5.60 Å².